The average Bonchev–Trinajstić information content (AvgIpc) is 1.98. The third-order valence-corrected chi connectivity index (χ3v) is 1.87. The highest BCUT2D eigenvalue weighted by Crippen LogP contribution is 2.10. The molecule has 0 fully saturated rings. The van der Waals surface area contributed by atoms with E-state index in [9.17, 15) is 4.39 Å². The van der Waals surface area contributed by atoms with Gasteiger partial charge in [-0.3, -0.25) is 4.39 Å². The first-order chi connectivity index (χ1) is 5.24. The van der Waals surface area contributed by atoms with Crippen molar-refractivity contribution in [3.05, 3.63) is 34.9 Å². The minimum atomic E-state index is -0.260. The van der Waals surface area contributed by atoms with Crippen LogP contribution in [0.25, 0.3) is 0 Å². The van der Waals surface area contributed by atoms with Gasteiger partial charge in [0.2, 0.25) is 0 Å². The molecule has 0 nitrogen and oxygen atoms in total. The standard InChI is InChI=1S/C10H13F/c1-8-3-4-9(2)10(7-8)5-6-11/h3-4,7H,5-6H2,1-2H3. The van der Waals surface area contributed by atoms with E-state index in [0.717, 1.165) is 5.56 Å². The van der Waals surface area contributed by atoms with Gasteiger partial charge in [0.15, 0.2) is 0 Å². The fourth-order valence-corrected chi connectivity index (χ4v) is 1.17. The fraction of sp³-hybridized carbons (Fsp3) is 0.400. The summed E-state index contributed by atoms with van der Waals surface area (Å²) in [5, 5.41) is 0. The van der Waals surface area contributed by atoms with E-state index in [1.165, 1.54) is 11.1 Å². The third-order valence-electron chi connectivity index (χ3n) is 1.87. The Labute approximate surface area is 67.1 Å². The van der Waals surface area contributed by atoms with Crippen molar-refractivity contribution in [1.29, 1.82) is 0 Å². The Morgan fingerprint density at radius 1 is 1.27 bits per heavy atom. The van der Waals surface area contributed by atoms with E-state index in [0.29, 0.717) is 6.42 Å². The Hall–Kier alpha value is -0.850. The lowest BCUT2D eigenvalue weighted by Gasteiger charge is -2.03. The molecule has 0 N–H and O–H groups in total. The van der Waals surface area contributed by atoms with Gasteiger partial charge < -0.3 is 0 Å². The summed E-state index contributed by atoms with van der Waals surface area (Å²) < 4.78 is 12.0. The molecule has 0 heterocycles. The van der Waals surface area contributed by atoms with Gasteiger partial charge in [0.25, 0.3) is 0 Å². The monoisotopic (exact) mass is 152 g/mol. The maximum atomic E-state index is 12.0. The van der Waals surface area contributed by atoms with E-state index in [4.69, 9.17) is 0 Å². The van der Waals surface area contributed by atoms with Gasteiger partial charge in [0, 0.05) is 6.42 Å². The van der Waals surface area contributed by atoms with Crippen LogP contribution in [0.2, 0.25) is 0 Å². The molecule has 0 aliphatic heterocycles. The van der Waals surface area contributed by atoms with Crippen molar-refractivity contribution >= 4 is 0 Å². The number of rotatable bonds is 2. The maximum Gasteiger partial charge on any atom is 0.0934 e. The Balaban J connectivity index is 2.93. The van der Waals surface area contributed by atoms with E-state index in [2.05, 4.69) is 12.1 Å². The lowest BCUT2D eigenvalue weighted by Crippen LogP contribution is -1.91. The van der Waals surface area contributed by atoms with Crippen LogP contribution in [-0.4, -0.2) is 6.67 Å². The zero-order valence-electron chi connectivity index (χ0n) is 7.02. The molecule has 60 valence electrons. The van der Waals surface area contributed by atoms with E-state index < -0.39 is 0 Å². The van der Waals surface area contributed by atoms with Crippen LogP contribution in [-0.2, 0) is 6.42 Å². The van der Waals surface area contributed by atoms with Crippen LogP contribution in [0.5, 0.6) is 0 Å². The molecule has 0 aliphatic rings. The minimum Gasteiger partial charge on any atom is -0.251 e. The molecule has 1 aromatic rings. The predicted molar refractivity (Wildman–Crippen MR) is 45.6 cm³/mol. The molecule has 0 unspecified atom stereocenters. The van der Waals surface area contributed by atoms with Crippen molar-refractivity contribution < 1.29 is 4.39 Å². The lowest BCUT2D eigenvalue weighted by atomic mass is 10.0. The minimum absolute atomic E-state index is 0.260. The summed E-state index contributed by atoms with van der Waals surface area (Å²) in [4.78, 5) is 0. The summed E-state index contributed by atoms with van der Waals surface area (Å²) in [7, 11) is 0. The summed E-state index contributed by atoms with van der Waals surface area (Å²) in [6.07, 6.45) is 0.549. The van der Waals surface area contributed by atoms with Gasteiger partial charge in [-0.1, -0.05) is 23.8 Å². The van der Waals surface area contributed by atoms with Crippen LogP contribution in [0.4, 0.5) is 4.39 Å². The van der Waals surface area contributed by atoms with Gasteiger partial charge in [0.05, 0.1) is 6.67 Å². The molecule has 0 saturated carbocycles. The molecular formula is C10H13F. The summed E-state index contributed by atoms with van der Waals surface area (Å²) in [6.45, 7) is 3.79. The zero-order valence-corrected chi connectivity index (χ0v) is 7.02. The number of aryl methyl sites for hydroxylation is 3. The number of benzene rings is 1. The fourth-order valence-electron chi connectivity index (χ4n) is 1.17. The largest absolute Gasteiger partial charge is 0.251 e. The van der Waals surface area contributed by atoms with Crippen LogP contribution < -0.4 is 0 Å². The molecule has 0 atom stereocenters. The second kappa shape index (κ2) is 3.51. The van der Waals surface area contributed by atoms with Crippen LogP contribution in [0.15, 0.2) is 18.2 Å². The average molecular weight is 152 g/mol. The molecule has 0 saturated heterocycles. The molecule has 1 rings (SSSR count). The molecule has 11 heavy (non-hydrogen) atoms. The highest BCUT2D eigenvalue weighted by atomic mass is 19.1. The Kier molecular flexibility index (Phi) is 2.64. The topological polar surface area (TPSA) is 0 Å². The first kappa shape index (κ1) is 8.25. The molecule has 1 heteroatoms. The SMILES string of the molecule is Cc1ccc(C)c(CCF)c1. The smallest absolute Gasteiger partial charge is 0.0934 e. The highest BCUT2D eigenvalue weighted by Gasteiger charge is 1.96. The number of halogens is 1. The maximum absolute atomic E-state index is 12.0. The van der Waals surface area contributed by atoms with Gasteiger partial charge in [-0.15, -0.1) is 0 Å². The first-order valence-electron chi connectivity index (χ1n) is 3.86. The van der Waals surface area contributed by atoms with E-state index in [-0.39, 0.29) is 6.67 Å². The Morgan fingerprint density at radius 3 is 2.64 bits per heavy atom. The molecular weight excluding hydrogens is 139 g/mol. The van der Waals surface area contributed by atoms with Crippen LogP contribution >= 0.6 is 0 Å². The normalized spacial score (nSPS) is 10.1. The van der Waals surface area contributed by atoms with Gasteiger partial charge in [-0.2, -0.15) is 0 Å². The molecule has 0 spiro atoms. The van der Waals surface area contributed by atoms with Crippen molar-refractivity contribution in [3.63, 3.8) is 0 Å². The summed E-state index contributed by atoms with van der Waals surface area (Å²) in [5.41, 5.74) is 3.53. The van der Waals surface area contributed by atoms with Gasteiger partial charge in [-0.25, -0.2) is 0 Å². The van der Waals surface area contributed by atoms with Crippen molar-refractivity contribution in [3.8, 4) is 0 Å². The van der Waals surface area contributed by atoms with E-state index >= 15 is 0 Å². The van der Waals surface area contributed by atoms with Crippen molar-refractivity contribution in [2.24, 2.45) is 0 Å². The Morgan fingerprint density at radius 2 is 2.00 bits per heavy atom. The first-order valence-corrected chi connectivity index (χ1v) is 3.86. The number of hydrogen-bond acceptors (Lipinski definition) is 0. The Bertz CT molecular complexity index is 241. The van der Waals surface area contributed by atoms with Crippen molar-refractivity contribution in [2.45, 2.75) is 20.3 Å². The lowest BCUT2D eigenvalue weighted by molar-refractivity contribution is 0.494. The van der Waals surface area contributed by atoms with Crippen molar-refractivity contribution in [1.82, 2.24) is 0 Å². The molecule has 0 aliphatic carbocycles. The zero-order chi connectivity index (χ0) is 8.27. The molecule has 0 radical (unpaired) electrons. The molecule has 1 aromatic carbocycles. The quantitative estimate of drug-likeness (QED) is 0.611. The van der Waals surface area contributed by atoms with Gasteiger partial charge in [-0.05, 0) is 25.0 Å². The highest BCUT2D eigenvalue weighted by molar-refractivity contribution is 5.30. The van der Waals surface area contributed by atoms with Crippen LogP contribution in [0.1, 0.15) is 16.7 Å². The predicted octanol–water partition coefficient (Wildman–Crippen LogP) is 2.82. The number of hydrogen-bond donors (Lipinski definition) is 0. The summed E-state index contributed by atoms with van der Waals surface area (Å²) in [5.74, 6) is 0. The van der Waals surface area contributed by atoms with Gasteiger partial charge >= 0.3 is 0 Å². The second-order valence-electron chi connectivity index (χ2n) is 2.87. The van der Waals surface area contributed by atoms with E-state index in [1.807, 2.05) is 19.9 Å². The van der Waals surface area contributed by atoms with Gasteiger partial charge in [0.1, 0.15) is 0 Å². The van der Waals surface area contributed by atoms with Crippen LogP contribution in [0, 0.1) is 13.8 Å². The molecule has 0 amide bonds. The van der Waals surface area contributed by atoms with Crippen LogP contribution in [0.3, 0.4) is 0 Å². The van der Waals surface area contributed by atoms with E-state index in [1.54, 1.807) is 0 Å². The molecule has 0 bridgehead atoms. The summed E-state index contributed by atoms with van der Waals surface area (Å²) in [6, 6.07) is 6.15. The number of alkyl halides is 1. The third kappa shape index (κ3) is 2.04. The second-order valence-corrected chi connectivity index (χ2v) is 2.87. The van der Waals surface area contributed by atoms with Crippen molar-refractivity contribution in [2.75, 3.05) is 6.67 Å². The molecule has 0 aromatic heterocycles. The summed E-state index contributed by atoms with van der Waals surface area (Å²) >= 11 is 0.